The molecule has 1 aromatic rings. The summed E-state index contributed by atoms with van der Waals surface area (Å²) in [5, 5.41) is 13.3. The standard InChI is InChI=1S/C17H22N6O/c1-2-11-8-12(24-7-3-5-18)9-13(11)17-22-21-15-10-20-16-14(23(15)17)4-6-19-16/h4,6,10-13,15,19,21H,2-3,7-9H2,1H3/t11-,12-,13+,15?/m1/s1. The molecule has 4 rings (SSSR count). The number of hydrazone groups is 1. The van der Waals surface area contributed by atoms with Gasteiger partial charge in [0.2, 0.25) is 0 Å². The van der Waals surface area contributed by atoms with Crippen LogP contribution in [0, 0.1) is 23.2 Å². The van der Waals surface area contributed by atoms with Gasteiger partial charge in [0.15, 0.2) is 12.0 Å². The Morgan fingerprint density at radius 3 is 3.21 bits per heavy atom. The second-order valence-electron chi connectivity index (χ2n) is 6.55. The van der Waals surface area contributed by atoms with Gasteiger partial charge in [-0.15, -0.1) is 0 Å². The summed E-state index contributed by atoms with van der Waals surface area (Å²) in [7, 11) is 0. The number of aromatic nitrogens is 1. The number of aliphatic imine (C=N–C) groups is 1. The van der Waals surface area contributed by atoms with Crippen molar-refractivity contribution < 1.29 is 4.74 Å². The van der Waals surface area contributed by atoms with Crippen LogP contribution in [-0.2, 0) is 4.74 Å². The summed E-state index contributed by atoms with van der Waals surface area (Å²) in [6.07, 6.45) is 7.60. The molecule has 1 aromatic heterocycles. The van der Waals surface area contributed by atoms with Gasteiger partial charge in [-0.05, 0) is 24.8 Å². The number of ether oxygens (including phenoxy) is 1. The summed E-state index contributed by atoms with van der Waals surface area (Å²) in [6, 6.07) is 4.20. The fraction of sp³-hybridized carbons (Fsp3) is 0.588. The van der Waals surface area contributed by atoms with Gasteiger partial charge in [0.25, 0.3) is 0 Å². The van der Waals surface area contributed by atoms with E-state index in [0.717, 1.165) is 36.6 Å². The van der Waals surface area contributed by atoms with E-state index in [0.29, 0.717) is 24.9 Å². The average Bonchev–Trinajstić information content (AvgIpc) is 3.31. The van der Waals surface area contributed by atoms with Gasteiger partial charge in [-0.25, -0.2) is 4.99 Å². The van der Waals surface area contributed by atoms with E-state index in [9.17, 15) is 0 Å². The molecule has 2 N–H and O–H groups in total. The van der Waals surface area contributed by atoms with Crippen LogP contribution in [0.15, 0.2) is 22.4 Å². The minimum Gasteiger partial charge on any atom is -0.377 e. The summed E-state index contributed by atoms with van der Waals surface area (Å²) >= 11 is 0. The first-order chi connectivity index (χ1) is 11.8. The van der Waals surface area contributed by atoms with E-state index >= 15 is 0 Å². The van der Waals surface area contributed by atoms with Gasteiger partial charge >= 0.3 is 0 Å². The van der Waals surface area contributed by atoms with Crippen LogP contribution in [0.2, 0.25) is 0 Å². The predicted octanol–water partition coefficient (Wildman–Crippen LogP) is 2.51. The highest BCUT2D eigenvalue weighted by Crippen LogP contribution is 2.42. The zero-order chi connectivity index (χ0) is 16.5. The molecule has 0 spiro atoms. The molecule has 0 aromatic carbocycles. The number of hydrogen-bond acceptors (Lipinski definition) is 6. The van der Waals surface area contributed by atoms with E-state index in [-0.39, 0.29) is 12.3 Å². The number of H-pyrrole nitrogens is 1. The third-order valence-electron chi connectivity index (χ3n) is 5.22. The molecular weight excluding hydrogens is 304 g/mol. The van der Waals surface area contributed by atoms with E-state index in [1.165, 1.54) is 0 Å². The number of aromatic amines is 1. The Balaban J connectivity index is 1.53. The number of nitriles is 1. The zero-order valence-corrected chi connectivity index (χ0v) is 13.8. The maximum atomic E-state index is 8.69. The first-order valence-electron chi connectivity index (χ1n) is 8.64. The van der Waals surface area contributed by atoms with E-state index < -0.39 is 0 Å². The maximum Gasteiger partial charge on any atom is 0.157 e. The van der Waals surface area contributed by atoms with E-state index in [4.69, 9.17) is 10.00 Å². The van der Waals surface area contributed by atoms with E-state index in [1.807, 2.05) is 12.4 Å². The lowest BCUT2D eigenvalue weighted by Gasteiger charge is -2.30. The molecule has 0 bridgehead atoms. The quantitative estimate of drug-likeness (QED) is 0.814. The molecule has 3 heterocycles. The SMILES string of the molecule is CC[C@@H]1C[C@@H](OCCC#N)C[C@@H]1C1=NNC2C=Nc3[nH]ccc3N12. The van der Waals surface area contributed by atoms with Crippen LogP contribution < -0.4 is 10.3 Å². The van der Waals surface area contributed by atoms with Gasteiger partial charge in [-0.2, -0.15) is 10.4 Å². The Labute approximate surface area is 141 Å². The first kappa shape index (κ1) is 15.2. The first-order valence-corrected chi connectivity index (χ1v) is 8.64. The molecule has 3 aliphatic rings. The Kier molecular flexibility index (Phi) is 3.98. The minimum absolute atomic E-state index is 0.000589. The molecule has 0 saturated heterocycles. The third-order valence-corrected chi connectivity index (χ3v) is 5.22. The molecule has 7 heteroatoms. The van der Waals surface area contributed by atoms with Gasteiger partial charge in [0.1, 0.15) is 5.84 Å². The van der Waals surface area contributed by atoms with Crippen molar-refractivity contribution in [1.29, 1.82) is 5.26 Å². The normalized spacial score (nSPS) is 30.5. The number of amidine groups is 1. The summed E-state index contributed by atoms with van der Waals surface area (Å²) in [4.78, 5) is 9.87. The smallest absolute Gasteiger partial charge is 0.157 e. The Hall–Kier alpha value is -2.33. The highest BCUT2D eigenvalue weighted by atomic mass is 16.5. The van der Waals surface area contributed by atoms with Crippen molar-refractivity contribution >= 4 is 23.6 Å². The number of nitrogens with one attached hydrogen (secondary N) is 2. The number of nitrogens with zero attached hydrogens (tertiary/aromatic N) is 4. The molecule has 1 unspecified atom stereocenters. The maximum absolute atomic E-state index is 8.69. The fourth-order valence-corrected chi connectivity index (χ4v) is 4.07. The number of anilines is 1. The van der Waals surface area contributed by atoms with Crippen LogP contribution in [0.4, 0.5) is 11.5 Å². The lowest BCUT2D eigenvalue weighted by molar-refractivity contribution is 0.0587. The van der Waals surface area contributed by atoms with Crippen molar-refractivity contribution in [2.75, 3.05) is 11.5 Å². The van der Waals surface area contributed by atoms with Crippen molar-refractivity contribution in [2.45, 2.75) is 44.9 Å². The molecule has 126 valence electrons. The Bertz CT molecular complexity index is 702. The van der Waals surface area contributed by atoms with Gasteiger partial charge in [-0.1, -0.05) is 13.3 Å². The van der Waals surface area contributed by atoms with Crippen molar-refractivity contribution in [3.63, 3.8) is 0 Å². The van der Waals surface area contributed by atoms with Crippen molar-refractivity contribution in [2.24, 2.45) is 21.9 Å². The number of fused-ring (bicyclic) bond motifs is 3. The Morgan fingerprint density at radius 1 is 1.46 bits per heavy atom. The van der Waals surface area contributed by atoms with Gasteiger partial charge in [0.05, 0.1) is 37.1 Å². The highest BCUT2D eigenvalue weighted by Gasteiger charge is 2.43. The van der Waals surface area contributed by atoms with E-state index in [1.54, 1.807) is 0 Å². The van der Waals surface area contributed by atoms with E-state index in [2.05, 4.69) is 44.5 Å². The second kappa shape index (κ2) is 6.29. The number of hydrogen-bond donors (Lipinski definition) is 2. The summed E-state index contributed by atoms with van der Waals surface area (Å²) in [5.41, 5.74) is 4.27. The van der Waals surface area contributed by atoms with Gasteiger partial charge in [-0.3, -0.25) is 10.3 Å². The van der Waals surface area contributed by atoms with Crippen LogP contribution in [0.3, 0.4) is 0 Å². The molecule has 1 aliphatic carbocycles. The second-order valence-corrected chi connectivity index (χ2v) is 6.55. The largest absolute Gasteiger partial charge is 0.377 e. The fourth-order valence-electron chi connectivity index (χ4n) is 4.07. The topological polar surface area (TPSA) is 88.8 Å². The van der Waals surface area contributed by atoms with Crippen molar-refractivity contribution in [3.05, 3.63) is 12.3 Å². The van der Waals surface area contributed by atoms with Crippen LogP contribution >= 0.6 is 0 Å². The predicted molar refractivity (Wildman–Crippen MR) is 92.3 cm³/mol. The monoisotopic (exact) mass is 326 g/mol. The highest BCUT2D eigenvalue weighted by molar-refractivity contribution is 6.08. The van der Waals surface area contributed by atoms with Crippen LogP contribution in [-0.4, -0.2) is 35.9 Å². The summed E-state index contributed by atoms with van der Waals surface area (Å²) in [6.45, 7) is 2.76. The summed E-state index contributed by atoms with van der Waals surface area (Å²) < 4.78 is 5.91. The molecule has 0 amide bonds. The minimum atomic E-state index is -0.000589. The lowest BCUT2D eigenvalue weighted by atomic mass is 9.91. The molecule has 1 saturated carbocycles. The average molecular weight is 326 g/mol. The molecule has 7 nitrogen and oxygen atoms in total. The van der Waals surface area contributed by atoms with Gasteiger partial charge in [0, 0.05) is 12.1 Å². The number of rotatable bonds is 5. The Morgan fingerprint density at radius 2 is 2.38 bits per heavy atom. The zero-order valence-electron chi connectivity index (χ0n) is 13.8. The molecule has 1 fully saturated rings. The van der Waals surface area contributed by atoms with Crippen LogP contribution in [0.5, 0.6) is 0 Å². The lowest BCUT2D eigenvalue weighted by Crippen LogP contribution is -2.45. The van der Waals surface area contributed by atoms with Crippen molar-refractivity contribution in [1.82, 2.24) is 10.4 Å². The molecule has 0 radical (unpaired) electrons. The summed E-state index contributed by atoms with van der Waals surface area (Å²) in [5.74, 6) is 2.90. The van der Waals surface area contributed by atoms with Crippen LogP contribution in [0.1, 0.15) is 32.6 Å². The van der Waals surface area contributed by atoms with Crippen molar-refractivity contribution in [3.8, 4) is 6.07 Å². The molecule has 2 aliphatic heterocycles. The molecule has 4 atom stereocenters. The molecule has 24 heavy (non-hydrogen) atoms. The third kappa shape index (κ3) is 2.47. The molecular formula is C17H22N6O. The van der Waals surface area contributed by atoms with Gasteiger partial charge < -0.3 is 9.72 Å². The van der Waals surface area contributed by atoms with Crippen LogP contribution in [0.25, 0.3) is 0 Å².